The lowest BCUT2D eigenvalue weighted by molar-refractivity contribution is -0.146. The van der Waals surface area contributed by atoms with Gasteiger partial charge in [0.1, 0.15) is 6.04 Å². The molecule has 1 rings (SSSR count). The molecule has 0 aromatic heterocycles. The number of nitrogens with two attached hydrogens (primary N) is 1. The normalized spacial score (nSPS) is 29.5. The summed E-state index contributed by atoms with van der Waals surface area (Å²) >= 11 is 0. The number of carbonyl (C=O) groups excluding carboxylic acids is 1. The van der Waals surface area contributed by atoms with E-state index in [2.05, 4.69) is 12.2 Å². The molecule has 5 nitrogen and oxygen atoms in total. The van der Waals surface area contributed by atoms with Crippen molar-refractivity contribution < 1.29 is 14.7 Å². The molecule has 0 spiro atoms. The summed E-state index contributed by atoms with van der Waals surface area (Å²) in [5.41, 5.74) is 5.26. The monoisotopic (exact) mass is 284 g/mol. The zero-order valence-electron chi connectivity index (χ0n) is 12.8. The van der Waals surface area contributed by atoms with Gasteiger partial charge in [0.05, 0.1) is 5.41 Å². The van der Waals surface area contributed by atoms with Crippen molar-refractivity contribution >= 4 is 11.9 Å². The SMILES string of the molecule is CCC(C)[C@H](NC(=O)C1(CN)CCC(C)CC1)C(=O)O. The second-order valence-corrected chi connectivity index (χ2v) is 6.34. The molecule has 1 amide bonds. The van der Waals surface area contributed by atoms with Crippen LogP contribution in [0.5, 0.6) is 0 Å². The van der Waals surface area contributed by atoms with Crippen molar-refractivity contribution in [3.63, 3.8) is 0 Å². The van der Waals surface area contributed by atoms with Crippen LogP contribution in [0.1, 0.15) is 52.9 Å². The van der Waals surface area contributed by atoms with E-state index in [-0.39, 0.29) is 11.8 Å². The third-order valence-corrected chi connectivity index (χ3v) is 4.87. The van der Waals surface area contributed by atoms with Crippen molar-refractivity contribution in [1.82, 2.24) is 5.32 Å². The molecule has 1 unspecified atom stereocenters. The Bertz CT molecular complexity index is 349. The van der Waals surface area contributed by atoms with Gasteiger partial charge >= 0.3 is 5.97 Å². The number of amides is 1. The number of carbonyl (C=O) groups is 2. The molecule has 0 bridgehead atoms. The van der Waals surface area contributed by atoms with Gasteiger partial charge in [-0.2, -0.15) is 0 Å². The van der Waals surface area contributed by atoms with E-state index in [1.807, 2.05) is 13.8 Å². The molecule has 2 atom stereocenters. The van der Waals surface area contributed by atoms with Crippen LogP contribution in [0.4, 0.5) is 0 Å². The summed E-state index contributed by atoms with van der Waals surface area (Å²) in [5, 5.41) is 12.0. The van der Waals surface area contributed by atoms with Crippen molar-refractivity contribution in [2.24, 2.45) is 23.0 Å². The highest BCUT2D eigenvalue weighted by Crippen LogP contribution is 2.38. The topological polar surface area (TPSA) is 92.4 Å². The molecule has 5 heteroatoms. The summed E-state index contributed by atoms with van der Waals surface area (Å²) in [6, 6.07) is -0.824. The summed E-state index contributed by atoms with van der Waals surface area (Å²) in [7, 11) is 0. The third kappa shape index (κ3) is 3.72. The summed E-state index contributed by atoms with van der Waals surface area (Å²) in [6.07, 6.45) is 4.17. The zero-order chi connectivity index (χ0) is 15.3. The fraction of sp³-hybridized carbons (Fsp3) is 0.867. The first-order chi connectivity index (χ1) is 9.36. The minimum Gasteiger partial charge on any atom is -0.480 e. The molecule has 1 fully saturated rings. The molecule has 0 heterocycles. The van der Waals surface area contributed by atoms with Gasteiger partial charge in [-0.15, -0.1) is 0 Å². The van der Waals surface area contributed by atoms with Crippen molar-refractivity contribution in [2.75, 3.05) is 6.54 Å². The van der Waals surface area contributed by atoms with E-state index in [0.29, 0.717) is 18.9 Å². The smallest absolute Gasteiger partial charge is 0.326 e. The van der Waals surface area contributed by atoms with Gasteiger partial charge in [0.2, 0.25) is 5.91 Å². The van der Waals surface area contributed by atoms with Crippen LogP contribution >= 0.6 is 0 Å². The zero-order valence-corrected chi connectivity index (χ0v) is 12.8. The number of carboxylic acids is 1. The second-order valence-electron chi connectivity index (χ2n) is 6.34. The molecule has 4 N–H and O–H groups in total. The van der Waals surface area contributed by atoms with Gasteiger partial charge < -0.3 is 16.2 Å². The highest BCUT2D eigenvalue weighted by atomic mass is 16.4. The Labute approximate surface area is 121 Å². The highest BCUT2D eigenvalue weighted by molar-refractivity contribution is 5.87. The molecule has 1 saturated carbocycles. The highest BCUT2D eigenvalue weighted by Gasteiger charge is 2.41. The first-order valence-electron chi connectivity index (χ1n) is 7.60. The molecular weight excluding hydrogens is 256 g/mol. The van der Waals surface area contributed by atoms with Crippen LogP contribution < -0.4 is 11.1 Å². The number of aliphatic carboxylic acids is 1. The van der Waals surface area contributed by atoms with Gasteiger partial charge in [-0.1, -0.05) is 27.2 Å². The second kappa shape index (κ2) is 7.07. The predicted octanol–water partition coefficient (Wildman–Crippen LogP) is 1.76. The maximum Gasteiger partial charge on any atom is 0.326 e. The van der Waals surface area contributed by atoms with Crippen LogP contribution in [-0.4, -0.2) is 29.6 Å². The fourth-order valence-corrected chi connectivity index (χ4v) is 2.82. The Morgan fingerprint density at radius 3 is 2.35 bits per heavy atom. The van der Waals surface area contributed by atoms with Crippen LogP contribution in [0, 0.1) is 17.3 Å². The Kier molecular flexibility index (Phi) is 5.99. The number of nitrogens with one attached hydrogen (secondary N) is 1. The van der Waals surface area contributed by atoms with E-state index >= 15 is 0 Å². The predicted molar refractivity (Wildman–Crippen MR) is 78.1 cm³/mol. The Balaban J connectivity index is 2.78. The Morgan fingerprint density at radius 2 is 1.95 bits per heavy atom. The molecule has 20 heavy (non-hydrogen) atoms. The molecule has 0 aromatic rings. The maximum atomic E-state index is 12.5. The van der Waals surface area contributed by atoms with Crippen molar-refractivity contribution in [2.45, 2.75) is 58.9 Å². The minimum atomic E-state index is -0.968. The molecule has 1 aliphatic rings. The van der Waals surface area contributed by atoms with Gasteiger partial charge in [0.25, 0.3) is 0 Å². The summed E-state index contributed by atoms with van der Waals surface area (Å²) in [4.78, 5) is 23.9. The first-order valence-corrected chi connectivity index (χ1v) is 7.60. The van der Waals surface area contributed by atoms with Gasteiger partial charge in [-0.05, 0) is 37.5 Å². The van der Waals surface area contributed by atoms with Gasteiger partial charge in [-0.3, -0.25) is 4.79 Å². The number of carboxylic acid groups (broad SMARTS) is 1. The van der Waals surface area contributed by atoms with Crippen LogP contribution in [0.3, 0.4) is 0 Å². The summed E-state index contributed by atoms with van der Waals surface area (Å²) < 4.78 is 0. The van der Waals surface area contributed by atoms with Gasteiger partial charge in [0.15, 0.2) is 0 Å². The molecule has 0 aromatic carbocycles. The van der Waals surface area contributed by atoms with Crippen LogP contribution in [0.15, 0.2) is 0 Å². The van der Waals surface area contributed by atoms with Crippen LogP contribution in [0.2, 0.25) is 0 Å². The van der Waals surface area contributed by atoms with Crippen molar-refractivity contribution in [1.29, 1.82) is 0 Å². The molecule has 0 radical (unpaired) electrons. The maximum absolute atomic E-state index is 12.5. The van der Waals surface area contributed by atoms with Gasteiger partial charge in [0, 0.05) is 6.54 Å². The number of rotatable bonds is 6. The standard InChI is InChI=1S/C15H28N2O3/c1-4-11(3)12(13(18)19)17-14(20)15(9-16)7-5-10(2)6-8-15/h10-12H,4-9,16H2,1-3H3,(H,17,20)(H,18,19)/t10?,11?,12-,15?/m0/s1. The summed E-state index contributed by atoms with van der Waals surface area (Å²) in [5.74, 6) is -0.621. The molecule has 0 saturated heterocycles. The lowest BCUT2D eigenvalue weighted by Crippen LogP contribution is -2.54. The van der Waals surface area contributed by atoms with Crippen LogP contribution in [0.25, 0.3) is 0 Å². The number of hydrogen-bond donors (Lipinski definition) is 3. The van der Waals surface area contributed by atoms with Gasteiger partial charge in [-0.25, -0.2) is 4.79 Å². The van der Waals surface area contributed by atoms with E-state index in [0.717, 1.165) is 25.7 Å². The average molecular weight is 284 g/mol. The lowest BCUT2D eigenvalue weighted by Gasteiger charge is -2.38. The molecule has 1 aliphatic carbocycles. The molecule has 0 aliphatic heterocycles. The quantitative estimate of drug-likeness (QED) is 0.693. The minimum absolute atomic E-state index is 0.0891. The Hall–Kier alpha value is -1.10. The van der Waals surface area contributed by atoms with E-state index in [9.17, 15) is 14.7 Å². The van der Waals surface area contributed by atoms with E-state index in [1.54, 1.807) is 0 Å². The van der Waals surface area contributed by atoms with Crippen LogP contribution in [-0.2, 0) is 9.59 Å². The lowest BCUT2D eigenvalue weighted by atomic mass is 9.70. The molecular formula is C15H28N2O3. The Morgan fingerprint density at radius 1 is 1.40 bits per heavy atom. The van der Waals surface area contributed by atoms with E-state index in [4.69, 9.17) is 5.73 Å². The largest absolute Gasteiger partial charge is 0.480 e. The number of hydrogen-bond acceptors (Lipinski definition) is 3. The average Bonchev–Trinajstić information content (AvgIpc) is 2.44. The third-order valence-electron chi connectivity index (χ3n) is 4.87. The van der Waals surface area contributed by atoms with E-state index < -0.39 is 17.4 Å². The molecule has 116 valence electrons. The van der Waals surface area contributed by atoms with Crippen molar-refractivity contribution in [3.8, 4) is 0 Å². The van der Waals surface area contributed by atoms with E-state index in [1.165, 1.54) is 0 Å². The first kappa shape index (κ1) is 17.0. The fourth-order valence-electron chi connectivity index (χ4n) is 2.82. The van der Waals surface area contributed by atoms with Crippen molar-refractivity contribution in [3.05, 3.63) is 0 Å². The summed E-state index contributed by atoms with van der Waals surface area (Å²) in [6.45, 7) is 6.24.